The molecule has 1 heterocycles. The number of Topliss-reactive ketones (excluding diaryl/α,β-unsaturated/α-hetero) is 1. The van der Waals surface area contributed by atoms with E-state index >= 15 is 0 Å². The van der Waals surface area contributed by atoms with Crippen molar-refractivity contribution in [3.63, 3.8) is 0 Å². The second kappa shape index (κ2) is 8.06. The maximum Gasteiger partial charge on any atom is 0.346 e. The van der Waals surface area contributed by atoms with Gasteiger partial charge in [-0.1, -0.05) is 29.8 Å². The zero-order valence-electron chi connectivity index (χ0n) is 16.7. The summed E-state index contributed by atoms with van der Waals surface area (Å²) in [5, 5.41) is 15.3. The number of non-ortho nitro benzene ring substituents is 1. The maximum absolute atomic E-state index is 12.9. The molecule has 2 aromatic carbocycles. The number of aromatic nitrogens is 3. The molecule has 0 saturated heterocycles. The van der Waals surface area contributed by atoms with E-state index in [-0.39, 0.29) is 29.7 Å². The number of benzene rings is 2. The SMILES string of the molecule is Cc1cccc(CCC(=O)Cn2nc(-c3ccc([N+](=O)[O-])cc3)n(C3CC3)c2=O)c1. The third kappa shape index (κ3) is 4.22. The van der Waals surface area contributed by atoms with Crippen molar-refractivity contribution in [2.75, 3.05) is 0 Å². The summed E-state index contributed by atoms with van der Waals surface area (Å²) in [6.45, 7) is 1.93. The molecular weight excluding hydrogens is 384 g/mol. The molecular formula is C22H22N4O4. The highest BCUT2D eigenvalue weighted by Crippen LogP contribution is 2.36. The van der Waals surface area contributed by atoms with E-state index in [1.165, 1.54) is 16.8 Å². The van der Waals surface area contributed by atoms with E-state index in [1.54, 1.807) is 16.7 Å². The maximum atomic E-state index is 12.9. The van der Waals surface area contributed by atoms with E-state index in [0.717, 1.165) is 24.0 Å². The summed E-state index contributed by atoms with van der Waals surface area (Å²) >= 11 is 0. The molecule has 0 unspecified atom stereocenters. The average Bonchev–Trinajstić information content (AvgIpc) is 3.51. The predicted molar refractivity (Wildman–Crippen MR) is 111 cm³/mol. The lowest BCUT2D eigenvalue weighted by Crippen LogP contribution is -2.27. The molecule has 3 aromatic rings. The zero-order valence-corrected chi connectivity index (χ0v) is 16.7. The number of carbonyl (C=O) groups is 1. The van der Waals surface area contributed by atoms with Crippen LogP contribution >= 0.6 is 0 Å². The van der Waals surface area contributed by atoms with Crippen LogP contribution in [0.25, 0.3) is 11.4 Å². The molecule has 8 heteroatoms. The molecule has 0 radical (unpaired) electrons. The topological polar surface area (TPSA) is 100 Å². The number of nitro benzene ring substituents is 1. The van der Waals surface area contributed by atoms with E-state index in [0.29, 0.717) is 24.2 Å². The normalized spacial score (nSPS) is 13.4. The van der Waals surface area contributed by atoms with Crippen LogP contribution in [0.3, 0.4) is 0 Å². The van der Waals surface area contributed by atoms with Crippen molar-refractivity contribution in [2.24, 2.45) is 0 Å². The molecule has 0 amide bonds. The highest BCUT2D eigenvalue weighted by Gasteiger charge is 2.30. The van der Waals surface area contributed by atoms with Gasteiger partial charge in [0.1, 0.15) is 6.54 Å². The second-order valence-corrected chi connectivity index (χ2v) is 7.70. The Morgan fingerprint density at radius 2 is 1.93 bits per heavy atom. The summed E-state index contributed by atoms with van der Waals surface area (Å²) in [4.78, 5) is 35.8. The first-order valence-electron chi connectivity index (χ1n) is 9.94. The van der Waals surface area contributed by atoms with Crippen molar-refractivity contribution in [2.45, 2.75) is 45.2 Å². The van der Waals surface area contributed by atoms with Gasteiger partial charge in [0, 0.05) is 30.2 Å². The number of nitrogens with zero attached hydrogens (tertiary/aromatic N) is 4. The Morgan fingerprint density at radius 3 is 2.57 bits per heavy atom. The first-order chi connectivity index (χ1) is 14.4. The summed E-state index contributed by atoms with van der Waals surface area (Å²) in [7, 11) is 0. The van der Waals surface area contributed by atoms with Crippen molar-refractivity contribution < 1.29 is 9.72 Å². The Balaban J connectivity index is 1.54. The van der Waals surface area contributed by atoms with Crippen molar-refractivity contribution in [3.8, 4) is 11.4 Å². The number of rotatable bonds is 8. The fraction of sp³-hybridized carbons (Fsp3) is 0.318. The van der Waals surface area contributed by atoms with Crippen LogP contribution in [0.1, 0.15) is 36.4 Å². The van der Waals surface area contributed by atoms with E-state index in [4.69, 9.17) is 0 Å². The molecule has 0 N–H and O–H groups in total. The van der Waals surface area contributed by atoms with E-state index in [1.807, 2.05) is 31.2 Å². The minimum absolute atomic E-state index is 0.0233. The van der Waals surface area contributed by atoms with Crippen LogP contribution in [0.2, 0.25) is 0 Å². The molecule has 1 saturated carbocycles. The molecule has 0 atom stereocenters. The molecule has 1 aliphatic carbocycles. The first kappa shape index (κ1) is 19.8. The fourth-order valence-corrected chi connectivity index (χ4v) is 3.51. The average molecular weight is 406 g/mol. The molecule has 4 rings (SSSR count). The molecule has 30 heavy (non-hydrogen) atoms. The number of carbonyl (C=O) groups excluding carboxylic acids is 1. The minimum Gasteiger partial charge on any atom is -0.298 e. The van der Waals surface area contributed by atoms with Gasteiger partial charge in [0.15, 0.2) is 11.6 Å². The van der Waals surface area contributed by atoms with Gasteiger partial charge in [-0.25, -0.2) is 9.48 Å². The smallest absolute Gasteiger partial charge is 0.298 e. The van der Waals surface area contributed by atoms with E-state index in [2.05, 4.69) is 5.10 Å². The number of nitro groups is 1. The van der Waals surface area contributed by atoms with Gasteiger partial charge < -0.3 is 0 Å². The number of hydrogen-bond acceptors (Lipinski definition) is 5. The van der Waals surface area contributed by atoms with Gasteiger partial charge in [-0.05, 0) is 43.9 Å². The summed E-state index contributed by atoms with van der Waals surface area (Å²) < 4.78 is 2.82. The highest BCUT2D eigenvalue weighted by molar-refractivity contribution is 5.78. The van der Waals surface area contributed by atoms with Crippen molar-refractivity contribution in [3.05, 3.63) is 80.3 Å². The van der Waals surface area contributed by atoms with Crippen LogP contribution in [0, 0.1) is 17.0 Å². The fourth-order valence-electron chi connectivity index (χ4n) is 3.51. The third-order valence-corrected chi connectivity index (χ3v) is 5.22. The lowest BCUT2D eigenvalue weighted by atomic mass is 10.1. The van der Waals surface area contributed by atoms with E-state index in [9.17, 15) is 19.7 Å². The van der Waals surface area contributed by atoms with E-state index < -0.39 is 4.92 Å². The number of aryl methyl sites for hydroxylation is 2. The first-order valence-corrected chi connectivity index (χ1v) is 9.94. The van der Waals surface area contributed by atoms with Crippen molar-refractivity contribution in [1.82, 2.24) is 14.3 Å². The van der Waals surface area contributed by atoms with Gasteiger partial charge >= 0.3 is 5.69 Å². The Morgan fingerprint density at radius 1 is 1.20 bits per heavy atom. The molecule has 8 nitrogen and oxygen atoms in total. The van der Waals surface area contributed by atoms with Crippen LogP contribution in [0.5, 0.6) is 0 Å². The lowest BCUT2D eigenvalue weighted by molar-refractivity contribution is -0.384. The Kier molecular flexibility index (Phi) is 5.31. The molecule has 0 bridgehead atoms. The van der Waals surface area contributed by atoms with Crippen LogP contribution in [-0.2, 0) is 17.8 Å². The molecule has 1 aromatic heterocycles. The molecule has 1 aliphatic rings. The van der Waals surface area contributed by atoms with Crippen LogP contribution in [0.4, 0.5) is 5.69 Å². The van der Waals surface area contributed by atoms with Gasteiger partial charge in [0.25, 0.3) is 5.69 Å². The van der Waals surface area contributed by atoms with Gasteiger partial charge in [0.05, 0.1) is 4.92 Å². The minimum atomic E-state index is -0.469. The monoisotopic (exact) mass is 406 g/mol. The van der Waals surface area contributed by atoms with Crippen LogP contribution in [0.15, 0.2) is 53.3 Å². The second-order valence-electron chi connectivity index (χ2n) is 7.70. The molecule has 0 spiro atoms. The standard InChI is InChI=1S/C22H22N4O4/c1-15-3-2-4-16(13-15)5-12-20(27)14-24-22(28)25(18-10-11-18)21(23-24)17-6-8-19(9-7-17)26(29)30/h2-4,6-9,13,18H,5,10-12,14H2,1H3. The predicted octanol–water partition coefficient (Wildman–Crippen LogP) is 3.47. The Bertz CT molecular complexity index is 1160. The lowest BCUT2D eigenvalue weighted by Gasteiger charge is -2.03. The highest BCUT2D eigenvalue weighted by atomic mass is 16.6. The largest absolute Gasteiger partial charge is 0.346 e. The van der Waals surface area contributed by atoms with Crippen molar-refractivity contribution in [1.29, 1.82) is 0 Å². The van der Waals surface area contributed by atoms with Crippen LogP contribution < -0.4 is 5.69 Å². The third-order valence-electron chi connectivity index (χ3n) is 5.22. The summed E-state index contributed by atoms with van der Waals surface area (Å²) in [5.41, 5.74) is 2.52. The number of ketones is 1. The van der Waals surface area contributed by atoms with Gasteiger partial charge in [-0.3, -0.25) is 19.5 Å². The summed E-state index contributed by atoms with van der Waals surface area (Å²) in [6, 6.07) is 14.0. The molecule has 0 aliphatic heterocycles. The van der Waals surface area contributed by atoms with Gasteiger partial charge in [-0.15, -0.1) is 5.10 Å². The Labute approximate surface area is 172 Å². The summed E-state index contributed by atoms with van der Waals surface area (Å²) in [5.74, 6) is 0.387. The number of hydrogen-bond donors (Lipinski definition) is 0. The van der Waals surface area contributed by atoms with Crippen LogP contribution in [-0.4, -0.2) is 25.1 Å². The van der Waals surface area contributed by atoms with Gasteiger partial charge in [0.2, 0.25) is 0 Å². The van der Waals surface area contributed by atoms with Crippen molar-refractivity contribution >= 4 is 11.5 Å². The molecule has 154 valence electrons. The zero-order chi connectivity index (χ0) is 21.3. The quantitative estimate of drug-likeness (QED) is 0.421. The molecule has 1 fully saturated rings. The Hall–Kier alpha value is -3.55. The summed E-state index contributed by atoms with van der Waals surface area (Å²) in [6.07, 6.45) is 2.71. The van der Waals surface area contributed by atoms with Gasteiger partial charge in [-0.2, -0.15) is 0 Å².